The van der Waals surface area contributed by atoms with Gasteiger partial charge in [0.05, 0.1) is 12.2 Å². The van der Waals surface area contributed by atoms with Crippen molar-refractivity contribution in [1.29, 1.82) is 0 Å². The molecule has 3 atom stereocenters. The average molecular weight is 186 g/mol. The number of fused-ring (bicyclic) bond motifs is 1. The zero-order valence-corrected chi connectivity index (χ0v) is 8.36. The topological polar surface area (TPSA) is 31.0 Å². The minimum atomic E-state index is -0.0347. The van der Waals surface area contributed by atoms with Crippen LogP contribution in [0.4, 0.5) is 0 Å². The fraction of sp³-hybridized carbons (Fsp3) is 1.00. The Morgan fingerprint density at radius 2 is 1.92 bits per heavy atom. The Morgan fingerprint density at radius 3 is 2.31 bits per heavy atom. The molecule has 0 amide bonds. The van der Waals surface area contributed by atoms with Crippen LogP contribution in [-0.4, -0.2) is 31.7 Å². The monoisotopic (exact) mass is 186 g/mol. The highest BCUT2D eigenvalue weighted by Crippen LogP contribution is 2.45. The van der Waals surface area contributed by atoms with E-state index in [-0.39, 0.29) is 6.29 Å². The van der Waals surface area contributed by atoms with Gasteiger partial charge < -0.3 is 14.2 Å². The lowest BCUT2D eigenvalue weighted by Gasteiger charge is -2.23. The maximum atomic E-state index is 5.56. The van der Waals surface area contributed by atoms with E-state index in [2.05, 4.69) is 0 Å². The van der Waals surface area contributed by atoms with Gasteiger partial charge >= 0.3 is 0 Å². The third-order valence-corrected chi connectivity index (χ3v) is 2.84. The average Bonchev–Trinajstić information content (AvgIpc) is 2.78. The summed E-state index contributed by atoms with van der Waals surface area (Å²) in [5.41, 5.74) is 0. The van der Waals surface area contributed by atoms with Gasteiger partial charge in [-0.25, -0.2) is 0 Å². The highest BCUT2D eigenvalue weighted by Gasteiger charge is 2.53. The van der Waals surface area contributed by atoms with E-state index in [9.17, 15) is 0 Å². The van der Waals surface area contributed by atoms with Crippen LogP contribution in [0.1, 0.15) is 26.7 Å². The second-order valence-corrected chi connectivity index (χ2v) is 3.66. The SMILES string of the molecule is CCOC(OCC)[C@@H]1CC[C@H]2O[C@H]21. The predicted octanol–water partition coefficient (Wildman–Crippen LogP) is 1.56. The summed E-state index contributed by atoms with van der Waals surface area (Å²) in [5, 5.41) is 0. The van der Waals surface area contributed by atoms with Gasteiger partial charge in [0.15, 0.2) is 6.29 Å². The Balaban J connectivity index is 1.86. The largest absolute Gasteiger partial charge is 0.369 e. The summed E-state index contributed by atoms with van der Waals surface area (Å²) in [6.07, 6.45) is 3.30. The van der Waals surface area contributed by atoms with Crippen LogP contribution in [0.15, 0.2) is 0 Å². The molecule has 0 unspecified atom stereocenters. The van der Waals surface area contributed by atoms with Crippen molar-refractivity contribution in [2.24, 2.45) is 5.92 Å². The molecule has 0 aromatic heterocycles. The van der Waals surface area contributed by atoms with Crippen LogP contribution in [0.2, 0.25) is 0 Å². The van der Waals surface area contributed by atoms with Crippen molar-refractivity contribution in [3.63, 3.8) is 0 Å². The van der Waals surface area contributed by atoms with E-state index in [1.807, 2.05) is 13.8 Å². The Kier molecular flexibility index (Phi) is 2.86. The molecule has 1 aliphatic carbocycles. The van der Waals surface area contributed by atoms with Gasteiger partial charge in [-0.3, -0.25) is 0 Å². The van der Waals surface area contributed by atoms with Crippen molar-refractivity contribution in [3.05, 3.63) is 0 Å². The molecule has 1 saturated heterocycles. The van der Waals surface area contributed by atoms with E-state index in [0.717, 1.165) is 13.2 Å². The number of rotatable bonds is 5. The third-order valence-electron chi connectivity index (χ3n) is 2.84. The fourth-order valence-electron chi connectivity index (χ4n) is 2.20. The van der Waals surface area contributed by atoms with Crippen LogP contribution in [0.5, 0.6) is 0 Å². The first-order valence-electron chi connectivity index (χ1n) is 5.25. The minimum absolute atomic E-state index is 0.0347. The first-order valence-corrected chi connectivity index (χ1v) is 5.25. The van der Waals surface area contributed by atoms with Gasteiger partial charge in [0.1, 0.15) is 0 Å². The third kappa shape index (κ3) is 1.87. The van der Waals surface area contributed by atoms with Gasteiger partial charge in [0.25, 0.3) is 0 Å². The van der Waals surface area contributed by atoms with Gasteiger partial charge in [0, 0.05) is 19.1 Å². The van der Waals surface area contributed by atoms with Crippen LogP contribution in [0, 0.1) is 5.92 Å². The number of hydrogen-bond donors (Lipinski definition) is 0. The van der Waals surface area contributed by atoms with E-state index in [0.29, 0.717) is 18.1 Å². The van der Waals surface area contributed by atoms with E-state index in [1.54, 1.807) is 0 Å². The normalized spacial score (nSPS) is 36.7. The highest BCUT2D eigenvalue weighted by molar-refractivity contribution is 4.98. The van der Waals surface area contributed by atoms with Crippen molar-refractivity contribution < 1.29 is 14.2 Å². The molecule has 76 valence electrons. The lowest BCUT2D eigenvalue weighted by Crippen LogP contribution is -2.29. The van der Waals surface area contributed by atoms with Crippen molar-refractivity contribution in [2.45, 2.75) is 45.2 Å². The number of epoxide rings is 1. The highest BCUT2D eigenvalue weighted by atomic mass is 16.7. The van der Waals surface area contributed by atoms with Crippen LogP contribution < -0.4 is 0 Å². The fourth-order valence-corrected chi connectivity index (χ4v) is 2.20. The molecule has 3 nitrogen and oxygen atoms in total. The quantitative estimate of drug-likeness (QED) is 0.482. The van der Waals surface area contributed by atoms with Gasteiger partial charge in [-0.05, 0) is 26.7 Å². The maximum Gasteiger partial charge on any atom is 0.162 e. The van der Waals surface area contributed by atoms with Crippen LogP contribution >= 0.6 is 0 Å². The molecule has 0 spiro atoms. The van der Waals surface area contributed by atoms with Gasteiger partial charge in [-0.1, -0.05) is 0 Å². The summed E-state index contributed by atoms with van der Waals surface area (Å²) in [6.45, 7) is 5.45. The standard InChI is InChI=1S/C10H18O3/c1-3-11-10(12-4-2)7-5-6-8-9(7)13-8/h7-10H,3-6H2,1-2H3/t7-,8-,9+/m1/s1. The zero-order valence-electron chi connectivity index (χ0n) is 8.36. The van der Waals surface area contributed by atoms with Gasteiger partial charge in [0.2, 0.25) is 0 Å². The van der Waals surface area contributed by atoms with Gasteiger partial charge in [-0.2, -0.15) is 0 Å². The van der Waals surface area contributed by atoms with E-state index in [4.69, 9.17) is 14.2 Å². The van der Waals surface area contributed by atoms with Crippen molar-refractivity contribution in [1.82, 2.24) is 0 Å². The van der Waals surface area contributed by atoms with Crippen LogP contribution in [-0.2, 0) is 14.2 Å². The van der Waals surface area contributed by atoms with E-state index < -0.39 is 0 Å². The summed E-state index contributed by atoms with van der Waals surface area (Å²) in [6, 6.07) is 0. The zero-order chi connectivity index (χ0) is 9.26. The Hall–Kier alpha value is -0.120. The smallest absolute Gasteiger partial charge is 0.162 e. The predicted molar refractivity (Wildman–Crippen MR) is 48.4 cm³/mol. The summed E-state index contributed by atoms with van der Waals surface area (Å²) in [5.74, 6) is 0.477. The first kappa shape index (κ1) is 9.44. The van der Waals surface area contributed by atoms with Crippen molar-refractivity contribution in [2.75, 3.05) is 13.2 Å². The summed E-state index contributed by atoms with van der Waals surface area (Å²) in [7, 11) is 0. The molecule has 1 saturated carbocycles. The molecule has 0 aromatic rings. The summed E-state index contributed by atoms with van der Waals surface area (Å²) < 4.78 is 16.6. The molecule has 13 heavy (non-hydrogen) atoms. The Labute approximate surface area is 79.4 Å². The summed E-state index contributed by atoms with van der Waals surface area (Å²) in [4.78, 5) is 0. The molecule has 0 N–H and O–H groups in total. The Bertz CT molecular complexity index is 166. The summed E-state index contributed by atoms with van der Waals surface area (Å²) >= 11 is 0. The molecule has 2 aliphatic rings. The van der Waals surface area contributed by atoms with E-state index >= 15 is 0 Å². The molecule has 0 radical (unpaired) electrons. The van der Waals surface area contributed by atoms with E-state index in [1.165, 1.54) is 12.8 Å². The minimum Gasteiger partial charge on any atom is -0.369 e. The van der Waals surface area contributed by atoms with Crippen LogP contribution in [0.25, 0.3) is 0 Å². The molecule has 0 bridgehead atoms. The van der Waals surface area contributed by atoms with Crippen LogP contribution in [0.3, 0.4) is 0 Å². The second-order valence-electron chi connectivity index (χ2n) is 3.66. The second kappa shape index (κ2) is 3.95. The molecular formula is C10H18O3. The lowest BCUT2D eigenvalue weighted by molar-refractivity contribution is -0.171. The van der Waals surface area contributed by atoms with Crippen molar-refractivity contribution in [3.8, 4) is 0 Å². The Morgan fingerprint density at radius 1 is 1.23 bits per heavy atom. The van der Waals surface area contributed by atoms with Crippen molar-refractivity contribution >= 4 is 0 Å². The molecule has 1 aliphatic heterocycles. The maximum absolute atomic E-state index is 5.56. The van der Waals surface area contributed by atoms with Gasteiger partial charge in [-0.15, -0.1) is 0 Å². The molecule has 2 rings (SSSR count). The number of ether oxygens (including phenoxy) is 3. The molecule has 2 fully saturated rings. The molecular weight excluding hydrogens is 168 g/mol. The molecule has 3 heteroatoms. The molecule has 1 heterocycles. The number of hydrogen-bond acceptors (Lipinski definition) is 3. The lowest BCUT2D eigenvalue weighted by atomic mass is 10.1. The molecule has 0 aromatic carbocycles. The first-order chi connectivity index (χ1) is 6.36.